The van der Waals surface area contributed by atoms with E-state index in [0.717, 1.165) is 18.5 Å². The van der Waals surface area contributed by atoms with Crippen LogP contribution in [0.25, 0.3) is 0 Å². The molecule has 4 nitrogen and oxygen atoms in total. The van der Waals surface area contributed by atoms with Crippen molar-refractivity contribution in [3.05, 3.63) is 29.8 Å². The first-order valence-corrected chi connectivity index (χ1v) is 7.73. The van der Waals surface area contributed by atoms with Crippen LogP contribution < -0.4 is 10.2 Å². The van der Waals surface area contributed by atoms with Crippen LogP contribution in [-0.2, 0) is 16.0 Å². The highest BCUT2D eigenvalue weighted by molar-refractivity contribution is 6.01. The molecule has 2 amide bonds. The molecule has 1 unspecified atom stereocenters. The summed E-state index contributed by atoms with van der Waals surface area (Å²) >= 11 is 0. The van der Waals surface area contributed by atoms with Gasteiger partial charge in [-0.05, 0) is 24.0 Å². The Labute approximate surface area is 126 Å². The molecule has 0 spiro atoms. The van der Waals surface area contributed by atoms with Gasteiger partial charge in [-0.1, -0.05) is 45.4 Å². The molecule has 1 aromatic carbocycles. The van der Waals surface area contributed by atoms with E-state index in [1.807, 2.05) is 32.0 Å². The van der Waals surface area contributed by atoms with Crippen LogP contribution >= 0.6 is 0 Å². The van der Waals surface area contributed by atoms with Crippen molar-refractivity contribution in [3.8, 4) is 0 Å². The van der Waals surface area contributed by atoms with Gasteiger partial charge in [-0.3, -0.25) is 9.59 Å². The molecule has 1 atom stereocenters. The van der Waals surface area contributed by atoms with E-state index >= 15 is 0 Å². The third-order valence-corrected chi connectivity index (χ3v) is 3.88. The van der Waals surface area contributed by atoms with Gasteiger partial charge in [0.1, 0.15) is 6.04 Å². The largest absolute Gasteiger partial charge is 0.344 e. The van der Waals surface area contributed by atoms with E-state index in [-0.39, 0.29) is 17.7 Å². The van der Waals surface area contributed by atoms with Crippen molar-refractivity contribution >= 4 is 17.5 Å². The fourth-order valence-corrected chi connectivity index (χ4v) is 2.74. The first kappa shape index (κ1) is 15.5. The smallest absolute Gasteiger partial charge is 0.249 e. The van der Waals surface area contributed by atoms with Crippen LogP contribution in [0.4, 0.5) is 5.69 Å². The van der Waals surface area contributed by atoms with Crippen LogP contribution in [0.3, 0.4) is 0 Å². The lowest BCUT2D eigenvalue weighted by Crippen LogP contribution is -2.48. The Morgan fingerprint density at radius 1 is 1.29 bits per heavy atom. The second-order valence-electron chi connectivity index (χ2n) is 5.91. The summed E-state index contributed by atoms with van der Waals surface area (Å²) in [7, 11) is 0. The Morgan fingerprint density at radius 3 is 2.67 bits per heavy atom. The molecule has 114 valence electrons. The van der Waals surface area contributed by atoms with Crippen LogP contribution in [0.2, 0.25) is 0 Å². The topological polar surface area (TPSA) is 49.4 Å². The van der Waals surface area contributed by atoms with Crippen molar-refractivity contribution in [3.63, 3.8) is 0 Å². The van der Waals surface area contributed by atoms with Gasteiger partial charge in [0.05, 0.1) is 0 Å². The highest BCUT2D eigenvalue weighted by atomic mass is 16.2. The number of rotatable bonds is 4. The molecular formula is C17H24N2O2. The van der Waals surface area contributed by atoms with E-state index in [4.69, 9.17) is 0 Å². The lowest BCUT2D eigenvalue weighted by molar-refractivity contribution is -0.126. The lowest BCUT2D eigenvalue weighted by Gasteiger charge is -2.27. The summed E-state index contributed by atoms with van der Waals surface area (Å²) in [4.78, 5) is 26.4. The first-order chi connectivity index (χ1) is 10.0. The second kappa shape index (κ2) is 6.74. The molecule has 1 heterocycles. The molecule has 4 heteroatoms. The van der Waals surface area contributed by atoms with Gasteiger partial charge < -0.3 is 10.2 Å². The number of anilines is 1. The number of hydrogen-bond acceptors (Lipinski definition) is 2. The van der Waals surface area contributed by atoms with E-state index in [1.54, 1.807) is 4.90 Å². The zero-order chi connectivity index (χ0) is 15.4. The number of carbonyl (C=O) groups excluding carboxylic acids is 2. The Hall–Kier alpha value is -1.84. The summed E-state index contributed by atoms with van der Waals surface area (Å²) in [5.41, 5.74) is 2.12. The zero-order valence-electron chi connectivity index (χ0n) is 13.1. The van der Waals surface area contributed by atoms with E-state index in [2.05, 4.69) is 18.3 Å². The Kier molecular flexibility index (Phi) is 4.99. The van der Waals surface area contributed by atoms with Crippen LogP contribution in [-0.4, -0.2) is 24.4 Å². The van der Waals surface area contributed by atoms with Gasteiger partial charge >= 0.3 is 0 Å². The molecule has 1 N–H and O–H groups in total. The van der Waals surface area contributed by atoms with Crippen LogP contribution in [0.5, 0.6) is 0 Å². The molecule has 0 aliphatic carbocycles. The number of aryl methyl sites for hydroxylation is 1. The van der Waals surface area contributed by atoms with Crippen molar-refractivity contribution in [1.29, 1.82) is 0 Å². The molecule has 1 fully saturated rings. The predicted molar refractivity (Wildman–Crippen MR) is 84.2 cm³/mol. The summed E-state index contributed by atoms with van der Waals surface area (Å²) in [6, 6.07) is 7.56. The van der Waals surface area contributed by atoms with E-state index < -0.39 is 6.04 Å². The molecular weight excluding hydrogens is 264 g/mol. The first-order valence-electron chi connectivity index (χ1n) is 7.73. The highest BCUT2D eigenvalue weighted by Gasteiger charge is 2.33. The van der Waals surface area contributed by atoms with E-state index in [9.17, 15) is 9.59 Å². The maximum Gasteiger partial charge on any atom is 0.249 e. The molecule has 1 aromatic rings. The van der Waals surface area contributed by atoms with Gasteiger partial charge in [-0.2, -0.15) is 0 Å². The molecule has 0 bridgehead atoms. The summed E-state index contributed by atoms with van der Waals surface area (Å²) < 4.78 is 0. The molecule has 0 saturated carbocycles. The van der Waals surface area contributed by atoms with Crippen molar-refractivity contribution in [2.75, 3.05) is 11.4 Å². The van der Waals surface area contributed by atoms with Gasteiger partial charge in [0, 0.05) is 18.7 Å². The monoisotopic (exact) mass is 288 g/mol. The van der Waals surface area contributed by atoms with Gasteiger partial charge in [0.15, 0.2) is 0 Å². The zero-order valence-corrected chi connectivity index (χ0v) is 13.1. The normalized spacial score (nSPS) is 19.6. The van der Waals surface area contributed by atoms with Crippen molar-refractivity contribution in [2.24, 2.45) is 5.92 Å². The number of para-hydroxylation sites is 1. The average Bonchev–Trinajstić information content (AvgIpc) is 2.60. The predicted octanol–water partition coefficient (Wildman–Crippen LogP) is 2.52. The molecule has 0 radical (unpaired) electrons. The van der Waals surface area contributed by atoms with E-state index in [1.165, 1.54) is 5.56 Å². The molecule has 21 heavy (non-hydrogen) atoms. The van der Waals surface area contributed by atoms with Gasteiger partial charge in [-0.25, -0.2) is 0 Å². The number of carbonyl (C=O) groups is 2. The van der Waals surface area contributed by atoms with Gasteiger partial charge in [-0.15, -0.1) is 0 Å². The van der Waals surface area contributed by atoms with Crippen molar-refractivity contribution < 1.29 is 9.59 Å². The number of nitrogens with one attached hydrogen (secondary N) is 1. The Bertz CT molecular complexity index is 525. The summed E-state index contributed by atoms with van der Waals surface area (Å²) in [6.45, 7) is 6.51. The average molecular weight is 288 g/mol. The minimum absolute atomic E-state index is 0.000553. The second-order valence-corrected chi connectivity index (χ2v) is 5.91. The molecule has 1 aliphatic heterocycles. The number of amides is 2. The quantitative estimate of drug-likeness (QED) is 0.925. The fourth-order valence-electron chi connectivity index (χ4n) is 2.74. The van der Waals surface area contributed by atoms with Gasteiger partial charge in [0.2, 0.25) is 11.8 Å². The SMILES string of the molecule is CCCc1ccccc1N1CCC(=O)NC(C(C)C)C1=O. The highest BCUT2D eigenvalue weighted by Crippen LogP contribution is 2.25. The Morgan fingerprint density at radius 2 is 2.00 bits per heavy atom. The minimum Gasteiger partial charge on any atom is -0.344 e. The fraction of sp³-hybridized carbons (Fsp3) is 0.529. The van der Waals surface area contributed by atoms with Crippen LogP contribution in [0.15, 0.2) is 24.3 Å². The third kappa shape index (κ3) is 3.43. The van der Waals surface area contributed by atoms with Crippen LogP contribution in [0.1, 0.15) is 39.2 Å². The van der Waals surface area contributed by atoms with Gasteiger partial charge in [0.25, 0.3) is 0 Å². The molecule has 2 rings (SSSR count). The summed E-state index contributed by atoms with van der Waals surface area (Å²) in [5, 5.41) is 2.85. The number of nitrogens with zero attached hydrogens (tertiary/aromatic N) is 1. The number of hydrogen-bond donors (Lipinski definition) is 1. The Balaban J connectivity index is 2.37. The number of benzene rings is 1. The molecule has 1 aliphatic rings. The maximum absolute atomic E-state index is 12.8. The minimum atomic E-state index is -0.435. The van der Waals surface area contributed by atoms with Crippen molar-refractivity contribution in [2.45, 2.75) is 46.1 Å². The van der Waals surface area contributed by atoms with Crippen molar-refractivity contribution in [1.82, 2.24) is 5.32 Å². The maximum atomic E-state index is 12.8. The third-order valence-electron chi connectivity index (χ3n) is 3.88. The summed E-state index contributed by atoms with van der Waals surface area (Å²) in [5.74, 6) is 0.0392. The van der Waals surface area contributed by atoms with E-state index in [0.29, 0.717) is 13.0 Å². The summed E-state index contributed by atoms with van der Waals surface area (Å²) in [6.07, 6.45) is 2.33. The standard InChI is InChI=1S/C17H24N2O2/c1-4-7-13-8-5-6-9-14(13)19-11-10-15(20)18-16(12(2)3)17(19)21/h5-6,8-9,12,16H,4,7,10-11H2,1-3H3,(H,18,20). The molecule has 1 saturated heterocycles. The molecule has 0 aromatic heterocycles. The van der Waals surface area contributed by atoms with Crippen LogP contribution in [0, 0.1) is 5.92 Å². The lowest BCUT2D eigenvalue weighted by atomic mass is 10.0.